The minimum absolute atomic E-state index is 0.0279. The number of esters is 1. The molecule has 1 saturated heterocycles. The van der Waals surface area contributed by atoms with E-state index in [9.17, 15) is 4.79 Å². The van der Waals surface area contributed by atoms with E-state index in [2.05, 4.69) is 11.9 Å². The third kappa shape index (κ3) is 4.46. The standard InChI is InChI=1S/C15H20ClNO3/c1-2-5-12-8-11(9-14(16)17-12)15(18)20-10-13-6-3-4-7-19-13/h8-9,13H,2-7,10H2,1H3. The van der Waals surface area contributed by atoms with E-state index in [1.165, 1.54) is 0 Å². The van der Waals surface area contributed by atoms with Crippen molar-refractivity contribution in [3.8, 4) is 0 Å². The van der Waals surface area contributed by atoms with Gasteiger partial charge >= 0.3 is 5.97 Å². The second-order valence-electron chi connectivity index (χ2n) is 5.01. The lowest BCUT2D eigenvalue weighted by molar-refractivity contribution is -0.0300. The lowest BCUT2D eigenvalue weighted by atomic mass is 10.1. The van der Waals surface area contributed by atoms with Crippen molar-refractivity contribution in [2.45, 2.75) is 45.1 Å². The van der Waals surface area contributed by atoms with Crippen molar-refractivity contribution in [1.82, 2.24) is 4.98 Å². The first-order chi connectivity index (χ1) is 9.69. The molecule has 2 heterocycles. The Kier molecular flexibility index (Phi) is 5.80. The molecule has 2 rings (SSSR count). The summed E-state index contributed by atoms with van der Waals surface area (Å²) in [6, 6.07) is 3.30. The smallest absolute Gasteiger partial charge is 0.338 e. The number of aromatic nitrogens is 1. The molecule has 0 saturated carbocycles. The average molecular weight is 298 g/mol. The highest BCUT2D eigenvalue weighted by atomic mass is 35.5. The molecule has 1 aromatic rings. The number of carbonyl (C=O) groups is 1. The largest absolute Gasteiger partial charge is 0.459 e. The van der Waals surface area contributed by atoms with Gasteiger partial charge in [0.15, 0.2) is 0 Å². The van der Waals surface area contributed by atoms with Crippen molar-refractivity contribution in [2.75, 3.05) is 13.2 Å². The molecule has 0 bridgehead atoms. The van der Waals surface area contributed by atoms with Crippen LogP contribution in [0.1, 0.15) is 48.7 Å². The van der Waals surface area contributed by atoms with E-state index in [1.807, 2.05) is 0 Å². The van der Waals surface area contributed by atoms with E-state index >= 15 is 0 Å². The molecule has 4 nitrogen and oxygen atoms in total. The molecule has 0 aliphatic carbocycles. The number of carbonyl (C=O) groups excluding carboxylic acids is 1. The van der Waals surface area contributed by atoms with Gasteiger partial charge in [-0.3, -0.25) is 0 Å². The maximum absolute atomic E-state index is 12.0. The third-order valence-electron chi connectivity index (χ3n) is 3.26. The van der Waals surface area contributed by atoms with Crippen LogP contribution in [-0.2, 0) is 15.9 Å². The number of halogens is 1. The van der Waals surface area contributed by atoms with Crippen LogP contribution in [0.5, 0.6) is 0 Å². The number of rotatable bonds is 5. The van der Waals surface area contributed by atoms with Gasteiger partial charge in [0.05, 0.1) is 11.7 Å². The molecule has 0 spiro atoms. The fourth-order valence-electron chi connectivity index (χ4n) is 2.24. The number of aryl methyl sites for hydroxylation is 1. The Morgan fingerprint density at radius 3 is 3.05 bits per heavy atom. The molecule has 0 amide bonds. The minimum Gasteiger partial charge on any atom is -0.459 e. The van der Waals surface area contributed by atoms with Crippen molar-refractivity contribution in [3.05, 3.63) is 28.5 Å². The van der Waals surface area contributed by atoms with Gasteiger partial charge in [0.25, 0.3) is 0 Å². The summed E-state index contributed by atoms with van der Waals surface area (Å²) in [5, 5.41) is 0.330. The van der Waals surface area contributed by atoms with E-state index in [4.69, 9.17) is 21.1 Å². The molecule has 0 N–H and O–H groups in total. The van der Waals surface area contributed by atoms with Gasteiger partial charge in [0.1, 0.15) is 11.8 Å². The maximum Gasteiger partial charge on any atom is 0.338 e. The summed E-state index contributed by atoms with van der Waals surface area (Å²) in [6.45, 7) is 3.12. The monoisotopic (exact) mass is 297 g/mol. The molecular weight excluding hydrogens is 278 g/mol. The molecule has 1 atom stereocenters. The zero-order valence-electron chi connectivity index (χ0n) is 11.7. The summed E-state index contributed by atoms with van der Waals surface area (Å²) in [4.78, 5) is 16.2. The predicted molar refractivity (Wildman–Crippen MR) is 77.1 cm³/mol. The highest BCUT2D eigenvalue weighted by Gasteiger charge is 2.17. The normalized spacial score (nSPS) is 18.8. The summed E-state index contributed by atoms with van der Waals surface area (Å²) >= 11 is 5.94. The molecule has 110 valence electrons. The predicted octanol–water partition coefficient (Wildman–Crippen LogP) is 3.41. The first-order valence-corrected chi connectivity index (χ1v) is 7.52. The molecule has 1 unspecified atom stereocenters. The lowest BCUT2D eigenvalue weighted by Crippen LogP contribution is -2.26. The molecule has 1 fully saturated rings. The van der Waals surface area contributed by atoms with Crippen molar-refractivity contribution < 1.29 is 14.3 Å². The first kappa shape index (κ1) is 15.3. The van der Waals surface area contributed by atoms with E-state index in [0.29, 0.717) is 17.3 Å². The van der Waals surface area contributed by atoms with Crippen LogP contribution < -0.4 is 0 Å². The number of pyridine rings is 1. The number of hydrogen-bond donors (Lipinski definition) is 0. The van der Waals surface area contributed by atoms with Crippen LogP contribution in [-0.4, -0.2) is 30.3 Å². The zero-order valence-corrected chi connectivity index (χ0v) is 12.5. The third-order valence-corrected chi connectivity index (χ3v) is 3.46. The Balaban J connectivity index is 1.93. The molecule has 0 aromatic carbocycles. The molecule has 5 heteroatoms. The van der Waals surface area contributed by atoms with Crippen molar-refractivity contribution in [1.29, 1.82) is 0 Å². The van der Waals surface area contributed by atoms with Gasteiger partial charge < -0.3 is 9.47 Å². The van der Waals surface area contributed by atoms with Gasteiger partial charge in [-0.25, -0.2) is 9.78 Å². The highest BCUT2D eigenvalue weighted by molar-refractivity contribution is 6.29. The molecule has 1 aromatic heterocycles. The van der Waals surface area contributed by atoms with Gasteiger partial charge in [0, 0.05) is 12.3 Å². The SMILES string of the molecule is CCCc1cc(C(=O)OCC2CCCCO2)cc(Cl)n1. The minimum atomic E-state index is -0.360. The molecule has 1 aliphatic rings. The number of hydrogen-bond acceptors (Lipinski definition) is 4. The van der Waals surface area contributed by atoms with Crippen molar-refractivity contribution in [3.63, 3.8) is 0 Å². The van der Waals surface area contributed by atoms with Crippen molar-refractivity contribution in [2.24, 2.45) is 0 Å². The lowest BCUT2D eigenvalue weighted by Gasteiger charge is -2.22. The summed E-state index contributed by atoms with van der Waals surface area (Å²) in [7, 11) is 0. The quantitative estimate of drug-likeness (QED) is 0.617. The van der Waals surface area contributed by atoms with Crippen molar-refractivity contribution >= 4 is 17.6 Å². The van der Waals surface area contributed by atoms with E-state index in [0.717, 1.165) is 44.4 Å². The molecular formula is C15H20ClNO3. The number of ether oxygens (including phenoxy) is 2. The van der Waals surface area contributed by atoms with Gasteiger partial charge in [-0.1, -0.05) is 24.9 Å². The Labute approximate surface area is 124 Å². The van der Waals surface area contributed by atoms with Gasteiger partial charge in [-0.2, -0.15) is 0 Å². The summed E-state index contributed by atoms with van der Waals surface area (Å²) in [5.74, 6) is -0.360. The molecule has 1 aliphatic heterocycles. The Hall–Kier alpha value is -1.13. The van der Waals surface area contributed by atoms with E-state index in [1.54, 1.807) is 12.1 Å². The first-order valence-electron chi connectivity index (χ1n) is 7.14. The topological polar surface area (TPSA) is 48.4 Å². The van der Waals surface area contributed by atoms with Crippen LogP contribution in [0.15, 0.2) is 12.1 Å². The summed E-state index contributed by atoms with van der Waals surface area (Å²) in [5.41, 5.74) is 1.28. The van der Waals surface area contributed by atoms with Crippen LogP contribution in [0, 0.1) is 0 Å². The second kappa shape index (κ2) is 7.60. The van der Waals surface area contributed by atoms with Crippen LogP contribution in [0.4, 0.5) is 0 Å². The Morgan fingerprint density at radius 2 is 2.35 bits per heavy atom. The van der Waals surface area contributed by atoms with Gasteiger partial charge in [-0.15, -0.1) is 0 Å². The second-order valence-corrected chi connectivity index (χ2v) is 5.39. The molecule has 20 heavy (non-hydrogen) atoms. The fourth-order valence-corrected chi connectivity index (χ4v) is 2.47. The number of nitrogens with zero attached hydrogens (tertiary/aromatic N) is 1. The van der Waals surface area contributed by atoms with Crippen LogP contribution in [0.3, 0.4) is 0 Å². The Morgan fingerprint density at radius 1 is 1.50 bits per heavy atom. The summed E-state index contributed by atoms with van der Waals surface area (Å²) in [6.07, 6.45) is 4.95. The van der Waals surface area contributed by atoms with Gasteiger partial charge in [0.2, 0.25) is 0 Å². The molecule has 0 radical (unpaired) electrons. The average Bonchev–Trinajstić information content (AvgIpc) is 2.45. The Bertz CT molecular complexity index is 458. The van der Waals surface area contributed by atoms with Crippen LogP contribution >= 0.6 is 11.6 Å². The fraction of sp³-hybridized carbons (Fsp3) is 0.600. The zero-order chi connectivity index (χ0) is 14.4. The van der Waals surface area contributed by atoms with E-state index < -0.39 is 0 Å². The van der Waals surface area contributed by atoms with E-state index in [-0.39, 0.29) is 12.1 Å². The summed E-state index contributed by atoms with van der Waals surface area (Å²) < 4.78 is 10.8. The maximum atomic E-state index is 12.0. The van der Waals surface area contributed by atoms with Gasteiger partial charge in [-0.05, 0) is 37.8 Å². The van der Waals surface area contributed by atoms with Crippen LogP contribution in [0.25, 0.3) is 0 Å². The highest BCUT2D eigenvalue weighted by Crippen LogP contribution is 2.16. The van der Waals surface area contributed by atoms with Crippen LogP contribution in [0.2, 0.25) is 5.15 Å².